The highest BCUT2D eigenvalue weighted by atomic mass is 35.5. The van der Waals surface area contributed by atoms with Crippen molar-refractivity contribution in [2.24, 2.45) is 5.92 Å². The highest BCUT2D eigenvalue weighted by Crippen LogP contribution is 2.36. The SMILES string of the molecule is COc1ccc(-c2[nH]ncc2C(=O)N2C[C@H]3C[C@@H](C2)c2cccc(=O)n2C3)cc1Cl. The Kier molecular flexibility index (Phi) is 4.62. The van der Waals surface area contributed by atoms with Crippen molar-refractivity contribution in [3.05, 3.63) is 69.2 Å². The molecule has 1 fully saturated rings. The van der Waals surface area contributed by atoms with Crippen LogP contribution in [0, 0.1) is 5.92 Å². The number of halogens is 1. The van der Waals surface area contributed by atoms with Crippen LogP contribution >= 0.6 is 11.6 Å². The van der Waals surface area contributed by atoms with Crippen LogP contribution < -0.4 is 10.3 Å². The van der Waals surface area contributed by atoms with Crippen LogP contribution in [0.1, 0.15) is 28.4 Å². The molecule has 8 heteroatoms. The average molecular weight is 425 g/mol. The lowest BCUT2D eigenvalue weighted by Gasteiger charge is -2.42. The predicted octanol–water partition coefficient (Wildman–Crippen LogP) is 3.16. The van der Waals surface area contributed by atoms with Crippen LogP contribution in [-0.4, -0.2) is 45.8 Å². The molecule has 1 amide bonds. The van der Waals surface area contributed by atoms with Gasteiger partial charge in [0.15, 0.2) is 0 Å². The lowest BCUT2D eigenvalue weighted by Crippen LogP contribution is -2.49. The van der Waals surface area contributed by atoms with E-state index < -0.39 is 0 Å². The number of carbonyl (C=O) groups excluding carboxylic acids is 1. The van der Waals surface area contributed by atoms with Gasteiger partial charge in [-0.2, -0.15) is 5.10 Å². The summed E-state index contributed by atoms with van der Waals surface area (Å²) in [6.07, 6.45) is 2.57. The number of likely N-dealkylation sites (tertiary alicyclic amines) is 1. The van der Waals surface area contributed by atoms with Gasteiger partial charge < -0.3 is 14.2 Å². The van der Waals surface area contributed by atoms with Crippen molar-refractivity contribution in [3.8, 4) is 17.0 Å². The molecule has 2 bridgehead atoms. The van der Waals surface area contributed by atoms with E-state index in [0.29, 0.717) is 41.7 Å². The van der Waals surface area contributed by atoms with E-state index in [4.69, 9.17) is 16.3 Å². The predicted molar refractivity (Wildman–Crippen MR) is 113 cm³/mol. The van der Waals surface area contributed by atoms with Crippen molar-refractivity contribution in [2.75, 3.05) is 20.2 Å². The van der Waals surface area contributed by atoms with Crippen molar-refractivity contribution >= 4 is 17.5 Å². The summed E-state index contributed by atoms with van der Waals surface area (Å²) in [6.45, 7) is 1.87. The van der Waals surface area contributed by atoms with Gasteiger partial charge in [0.1, 0.15) is 5.75 Å². The van der Waals surface area contributed by atoms with E-state index in [0.717, 1.165) is 17.7 Å². The topological polar surface area (TPSA) is 80.2 Å². The molecule has 30 heavy (non-hydrogen) atoms. The molecule has 0 radical (unpaired) electrons. The summed E-state index contributed by atoms with van der Waals surface area (Å²) in [6, 6.07) is 10.8. The molecule has 0 spiro atoms. The number of fused-ring (bicyclic) bond motifs is 4. The Hall–Kier alpha value is -3.06. The molecule has 0 saturated carbocycles. The summed E-state index contributed by atoms with van der Waals surface area (Å²) in [5.74, 6) is 0.949. The Morgan fingerprint density at radius 3 is 2.90 bits per heavy atom. The fourth-order valence-electron chi connectivity index (χ4n) is 4.72. The Bertz CT molecular complexity index is 1190. The van der Waals surface area contributed by atoms with Crippen LogP contribution in [-0.2, 0) is 6.54 Å². The number of hydrogen-bond acceptors (Lipinski definition) is 4. The maximum atomic E-state index is 13.4. The molecule has 1 saturated heterocycles. The van der Waals surface area contributed by atoms with E-state index >= 15 is 0 Å². The lowest BCUT2D eigenvalue weighted by atomic mass is 9.83. The number of H-pyrrole nitrogens is 1. The Morgan fingerprint density at radius 1 is 1.23 bits per heavy atom. The Morgan fingerprint density at radius 2 is 2.10 bits per heavy atom. The molecule has 2 aromatic heterocycles. The number of amides is 1. The van der Waals surface area contributed by atoms with Gasteiger partial charge in [0.05, 0.1) is 29.6 Å². The number of aromatic nitrogens is 3. The first-order valence-electron chi connectivity index (χ1n) is 9.91. The average Bonchev–Trinajstić information content (AvgIpc) is 3.24. The number of ether oxygens (including phenoxy) is 1. The van der Waals surface area contributed by atoms with E-state index in [9.17, 15) is 9.59 Å². The van der Waals surface area contributed by atoms with Crippen molar-refractivity contribution < 1.29 is 9.53 Å². The number of pyridine rings is 1. The molecule has 0 aliphatic carbocycles. The van der Waals surface area contributed by atoms with E-state index in [-0.39, 0.29) is 23.3 Å². The lowest BCUT2D eigenvalue weighted by molar-refractivity contribution is 0.0595. The highest BCUT2D eigenvalue weighted by molar-refractivity contribution is 6.32. The van der Waals surface area contributed by atoms with Crippen LogP contribution in [0.5, 0.6) is 5.75 Å². The highest BCUT2D eigenvalue weighted by Gasteiger charge is 2.37. The van der Waals surface area contributed by atoms with Crippen LogP contribution in [0.25, 0.3) is 11.3 Å². The first-order valence-corrected chi connectivity index (χ1v) is 10.3. The largest absolute Gasteiger partial charge is 0.495 e. The van der Waals surface area contributed by atoms with E-state index in [2.05, 4.69) is 10.2 Å². The summed E-state index contributed by atoms with van der Waals surface area (Å²) >= 11 is 6.27. The minimum atomic E-state index is -0.0629. The van der Waals surface area contributed by atoms with Gasteiger partial charge in [-0.15, -0.1) is 0 Å². The smallest absolute Gasteiger partial charge is 0.257 e. The summed E-state index contributed by atoms with van der Waals surface area (Å²) in [5, 5.41) is 7.52. The third kappa shape index (κ3) is 3.10. The van der Waals surface area contributed by atoms with Gasteiger partial charge in [0.2, 0.25) is 0 Å². The van der Waals surface area contributed by atoms with Crippen molar-refractivity contribution in [3.63, 3.8) is 0 Å². The summed E-state index contributed by atoms with van der Waals surface area (Å²) in [4.78, 5) is 27.5. The number of hydrogen-bond donors (Lipinski definition) is 1. The second-order valence-electron chi connectivity index (χ2n) is 7.92. The van der Waals surface area contributed by atoms with Gasteiger partial charge >= 0.3 is 0 Å². The van der Waals surface area contributed by atoms with Crippen LogP contribution in [0.2, 0.25) is 5.02 Å². The summed E-state index contributed by atoms with van der Waals surface area (Å²) < 4.78 is 7.08. The fraction of sp³-hybridized carbons (Fsp3) is 0.318. The number of nitrogens with one attached hydrogen (secondary N) is 1. The number of benzene rings is 1. The molecule has 4 heterocycles. The van der Waals surface area contributed by atoms with Crippen LogP contribution in [0.3, 0.4) is 0 Å². The van der Waals surface area contributed by atoms with Crippen molar-refractivity contribution in [2.45, 2.75) is 18.9 Å². The number of aromatic amines is 1. The molecule has 2 atom stereocenters. The molecular formula is C22H21ClN4O3. The van der Waals surface area contributed by atoms with E-state index in [1.165, 1.54) is 0 Å². The Labute approximate surface area is 178 Å². The zero-order chi connectivity index (χ0) is 20.8. The number of piperidine rings is 1. The van der Waals surface area contributed by atoms with Crippen LogP contribution in [0.15, 0.2) is 47.4 Å². The zero-order valence-electron chi connectivity index (χ0n) is 16.5. The first-order chi connectivity index (χ1) is 14.5. The maximum Gasteiger partial charge on any atom is 0.257 e. The van der Waals surface area contributed by atoms with Gasteiger partial charge in [-0.1, -0.05) is 17.7 Å². The standard InChI is InChI=1S/C22H21ClN4O3/c1-30-19-6-5-14(8-17(19)23)21-16(9-24-25-21)22(29)26-10-13-7-15(12-26)18-3-2-4-20(28)27(18)11-13/h2-6,8-9,13,15H,7,10-12H2,1H3,(H,24,25)/t13-,15+/m1/s1. The van der Waals surface area contributed by atoms with Gasteiger partial charge in [0.25, 0.3) is 11.5 Å². The molecule has 3 aromatic rings. The number of methoxy groups -OCH3 is 1. The van der Waals surface area contributed by atoms with Gasteiger partial charge in [-0.05, 0) is 36.6 Å². The molecule has 154 valence electrons. The molecule has 2 aliphatic rings. The monoisotopic (exact) mass is 424 g/mol. The number of rotatable bonds is 3. The molecule has 1 N–H and O–H groups in total. The third-order valence-corrected chi connectivity index (χ3v) is 6.37. The third-order valence-electron chi connectivity index (χ3n) is 6.08. The van der Waals surface area contributed by atoms with E-state index in [1.54, 1.807) is 37.6 Å². The quantitative estimate of drug-likeness (QED) is 0.700. The minimum absolute atomic E-state index is 0.0375. The fourth-order valence-corrected chi connectivity index (χ4v) is 4.98. The molecular weight excluding hydrogens is 404 g/mol. The van der Waals surface area contributed by atoms with Crippen LogP contribution in [0.4, 0.5) is 0 Å². The second-order valence-corrected chi connectivity index (χ2v) is 8.32. The zero-order valence-corrected chi connectivity index (χ0v) is 17.2. The number of nitrogens with zero attached hydrogens (tertiary/aromatic N) is 3. The summed E-state index contributed by atoms with van der Waals surface area (Å²) in [7, 11) is 1.56. The maximum absolute atomic E-state index is 13.4. The summed E-state index contributed by atoms with van der Waals surface area (Å²) in [5.41, 5.74) is 2.98. The molecule has 0 unspecified atom stereocenters. The van der Waals surface area contributed by atoms with Crippen molar-refractivity contribution in [1.29, 1.82) is 0 Å². The van der Waals surface area contributed by atoms with Gasteiger partial charge in [0, 0.05) is 42.9 Å². The van der Waals surface area contributed by atoms with Crippen molar-refractivity contribution in [1.82, 2.24) is 19.7 Å². The van der Waals surface area contributed by atoms with Gasteiger partial charge in [-0.3, -0.25) is 14.7 Å². The number of carbonyl (C=O) groups is 1. The molecule has 5 rings (SSSR count). The molecule has 2 aliphatic heterocycles. The van der Waals surface area contributed by atoms with Gasteiger partial charge in [-0.25, -0.2) is 0 Å². The molecule has 1 aromatic carbocycles. The Balaban J connectivity index is 1.44. The molecule has 7 nitrogen and oxygen atoms in total. The second kappa shape index (κ2) is 7.32. The van der Waals surface area contributed by atoms with E-state index in [1.807, 2.05) is 21.6 Å². The normalized spacial score (nSPS) is 20.0. The minimum Gasteiger partial charge on any atom is -0.495 e. The first kappa shape index (κ1) is 18.9.